The SMILES string of the molecule is CC(=O)/C(C)=C/C=C/C(C)=C/C=C/C=C(C)/C=C/C=C(C)/C=C/C1=C(C)CC(O)CC1(C)C. The number of carbonyl (C=O) groups excluding carboxylic acids is 1. The summed E-state index contributed by atoms with van der Waals surface area (Å²) < 4.78 is 0. The minimum Gasteiger partial charge on any atom is -0.393 e. The second-order valence-corrected chi connectivity index (χ2v) is 9.71. The Hall–Kier alpha value is -2.71. The molecule has 0 aromatic rings. The van der Waals surface area contributed by atoms with Gasteiger partial charge in [-0.3, -0.25) is 4.79 Å². The molecule has 2 nitrogen and oxygen atoms in total. The molecule has 1 N–H and O–H groups in total. The highest BCUT2D eigenvalue weighted by atomic mass is 16.3. The van der Waals surface area contributed by atoms with Crippen LogP contribution in [0, 0.1) is 5.41 Å². The smallest absolute Gasteiger partial charge is 0.155 e. The van der Waals surface area contributed by atoms with Gasteiger partial charge in [-0.2, -0.15) is 0 Å². The van der Waals surface area contributed by atoms with Crippen molar-refractivity contribution in [3.63, 3.8) is 0 Å². The maximum Gasteiger partial charge on any atom is 0.155 e. The number of ketones is 1. The molecule has 0 saturated heterocycles. The van der Waals surface area contributed by atoms with Crippen molar-refractivity contribution in [3.8, 4) is 0 Å². The first-order valence-corrected chi connectivity index (χ1v) is 11.7. The zero-order valence-corrected chi connectivity index (χ0v) is 21.8. The predicted molar refractivity (Wildman–Crippen MR) is 144 cm³/mol. The summed E-state index contributed by atoms with van der Waals surface area (Å²) in [4.78, 5) is 11.2. The van der Waals surface area contributed by atoms with Crippen molar-refractivity contribution in [2.24, 2.45) is 5.41 Å². The zero-order chi connectivity index (χ0) is 25.0. The maximum atomic E-state index is 11.2. The lowest BCUT2D eigenvalue weighted by Crippen LogP contribution is -2.28. The Bertz CT molecular complexity index is 966. The Morgan fingerprint density at radius 3 is 1.82 bits per heavy atom. The highest BCUT2D eigenvalue weighted by Gasteiger charge is 2.31. The van der Waals surface area contributed by atoms with Gasteiger partial charge in [0.05, 0.1) is 6.10 Å². The molecule has 33 heavy (non-hydrogen) atoms. The van der Waals surface area contributed by atoms with Gasteiger partial charge in [-0.1, -0.05) is 109 Å². The standard InChI is InChI=1S/C31H42O2/c1-23(13-9-10-14-24(2)17-12-18-26(4)28(6)32)15-11-16-25(3)19-20-30-27(5)21-29(33)22-31(30,7)8/h9-20,29,33H,21-22H2,1-8H3/b10-9+,15-11+,17-12+,20-19+,23-13+,24-14+,25-16+,26-18+. The third kappa shape index (κ3) is 11.1. The summed E-state index contributed by atoms with van der Waals surface area (Å²) in [5, 5.41) is 10.0. The first-order valence-electron chi connectivity index (χ1n) is 11.7. The van der Waals surface area contributed by atoms with Crippen LogP contribution in [-0.4, -0.2) is 17.0 Å². The fraction of sp³-hybridized carbons (Fsp3) is 0.387. The van der Waals surface area contributed by atoms with Crippen molar-refractivity contribution in [2.75, 3.05) is 0 Å². The fourth-order valence-electron chi connectivity index (χ4n) is 3.79. The number of carbonyl (C=O) groups is 1. The van der Waals surface area contributed by atoms with Crippen molar-refractivity contribution in [3.05, 3.63) is 106 Å². The Labute approximate surface area is 201 Å². The van der Waals surface area contributed by atoms with Crippen LogP contribution in [0.5, 0.6) is 0 Å². The second-order valence-electron chi connectivity index (χ2n) is 9.71. The van der Waals surface area contributed by atoms with Crippen LogP contribution in [-0.2, 0) is 4.79 Å². The van der Waals surface area contributed by atoms with E-state index in [9.17, 15) is 9.90 Å². The molecule has 0 aromatic heterocycles. The maximum absolute atomic E-state index is 11.2. The molecule has 1 unspecified atom stereocenters. The van der Waals surface area contributed by atoms with Gasteiger partial charge in [0.2, 0.25) is 0 Å². The van der Waals surface area contributed by atoms with Gasteiger partial charge >= 0.3 is 0 Å². The van der Waals surface area contributed by atoms with Crippen LogP contribution in [0.25, 0.3) is 0 Å². The fourth-order valence-corrected chi connectivity index (χ4v) is 3.79. The molecule has 1 rings (SSSR count). The van der Waals surface area contributed by atoms with Gasteiger partial charge in [0, 0.05) is 0 Å². The monoisotopic (exact) mass is 446 g/mol. The molecule has 0 amide bonds. The number of aliphatic hydroxyl groups is 1. The van der Waals surface area contributed by atoms with E-state index in [-0.39, 0.29) is 17.3 Å². The first kappa shape index (κ1) is 28.3. The lowest BCUT2D eigenvalue weighted by Gasteiger charge is -2.35. The van der Waals surface area contributed by atoms with Gasteiger partial charge in [-0.25, -0.2) is 0 Å². The molecule has 0 aliphatic heterocycles. The molecular formula is C31H42O2. The number of hydrogen-bond donors (Lipinski definition) is 1. The number of hydrogen-bond acceptors (Lipinski definition) is 2. The summed E-state index contributed by atoms with van der Waals surface area (Å²) in [6.45, 7) is 16.2. The molecule has 178 valence electrons. The van der Waals surface area contributed by atoms with Gasteiger partial charge in [-0.15, -0.1) is 0 Å². The normalized spacial score (nSPS) is 21.4. The van der Waals surface area contributed by atoms with E-state index in [4.69, 9.17) is 0 Å². The lowest BCUT2D eigenvalue weighted by atomic mass is 9.71. The molecule has 0 radical (unpaired) electrons. The van der Waals surface area contributed by atoms with E-state index >= 15 is 0 Å². The first-order chi connectivity index (χ1) is 15.4. The Kier molecular flexibility index (Phi) is 11.8. The molecule has 2 heteroatoms. The van der Waals surface area contributed by atoms with Crippen LogP contribution < -0.4 is 0 Å². The molecule has 0 saturated carbocycles. The third-order valence-electron chi connectivity index (χ3n) is 5.80. The lowest BCUT2D eigenvalue weighted by molar-refractivity contribution is -0.113. The summed E-state index contributed by atoms with van der Waals surface area (Å²) in [5.74, 6) is 0.0947. The van der Waals surface area contributed by atoms with Crippen LogP contribution in [0.1, 0.15) is 68.2 Å². The summed E-state index contributed by atoms with van der Waals surface area (Å²) in [5.41, 5.74) is 6.86. The van der Waals surface area contributed by atoms with Gasteiger partial charge < -0.3 is 5.11 Å². The number of allylic oxidation sites excluding steroid dienone is 17. The molecule has 0 bridgehead atoms. The second kappa shape index (κ2) is 13.7. The van der Waals surface area contributed by atoms with Crippen molar-refractivity contribution in [1.82, 2.24) is 0 Å². The highest BCUT2D eigenvalue weighted by Crippen LogP contribution is 2.41. The van der Waals surface area contributed by atoms with Crippen LogP contribution in [0.3, 0.4) is 0 Å². The van der Waals surface area contributed by atoms with Gasteiger partial charge in [0.25, 0.3) is 0 Å². The van der Waals surface area contributed by atoms with E-state index in [1.54, 1.807) is 6.92 Å². The molecule has 0 fully saturated rings. The summed E-state index contributed by atoms with van der Waals surface area (Å²) in [6.07, 6.45) is 25.9. The van der Waals surface area contributed by atoms with Crippen LogP contribution in [0.15, 0.2) is 106 Å². The average Bonchev–Trinajstić information content (AvgIpc) is 2.69. The number of Topliss-reactive ketones (excluding diaryl/α,β-unsaturated/α-hetero) is 1. The molecule has 0 aromatic carbocycles. The predicted octanol–water partition coefficient (Wildman–Crippen LogP) is 8.08. The average molecular weight is 447 g/mol. The molecule has 0 heterocycles. The Morgan fingerprint density at radius 1 is 0.818 bits per heavy atom. The minimum absolute atomic E-state index is 0.00676. The molecular weight excluding hydrogens is 404 g/mol. The van der Waals surface area contributed by atoms with Gasteiger partial charge in [-0.05, 0) is 70.9 Å². The molecule has 1 aliphatic carbocycles. The summed E-state index contributed by atoms with van der Waals surface area (Å²) in [7, 11) is 0. The van der Waals surface area contributed by atoms with E-state index in [2.05, 4.69) is 71.1 Å². The van der Waals surface area contributed by atoms with Crippen LogP contribution >= 0.6 is 0 Å². The largest absolute Gasteiger partial charge is 0.393 e. The van der Waals surface area contributed by atoms with Crippen molar-refractivity contribution < 1.29 is 9.90 Å². The van der Waals surface area contributed by atoms with E-state index in [1.165, 1.54) is 22.3 Å². The topological polar surface area (TPSA) is 37.3 Å². The van der Waals surface area contributed by atoms with Crippen molar-refractivity contribution in [1.29, 1.82) is 0 Å². The zero-order valence-electron chi connectivity index (χ0n) is 21.8. The van der Waals surface area contributed by atoms with E-state index < -0.39 is 0 Å². The third-order valence-corrected chi connectivity index (χ3v) is 5.80. The van der Waals surface area contributed by atoms with E-state index in [0.29, 0.717) is 0 Å². The Morgan fingerprint density at radius 2 is 1.30 bits per heavy atom. The van der Waals surface area contributed by atoms with E-state index in [1.807, 2.05) is 50.3 Å². The van der Waals surface area contributed by atoms with Crippen LogP contribution in [0.4, 0.5) is 0 Å². The van der Waals surface area contributed by atoms with Crippen molar-refractivity contribution in [2.45, 2.75) is 74.3 Å². The number of aliphatic hydroxyl groups excluding tert-OH is 1. The molecule has 0 spiro atoms. The van der Waals surface area contributed by atoms with Gasteiger partial charge in [0.15, 0.2) is 5.78 Å². The number of rotatable bonds is 9. The Balaban J connectivity index is 2.68. The quantitative estimate of drug-likeness (QED) is 0.287. The molecule has 1 aliphatic rings. The molecule has 1 atom stereocenters. The van der Waals surface area contributed by atoms with Crippen molar-refractivity contribution >= 4 is 5.78 Å². The van der Waals surface area contributed by atoms with Crippen LogP contribution in [0.2, 0.25) is 0 Å². The van der Waals surface area contributed by atoms with E-state index in [0.717, 1.165) is 24.0 Å². The minimum atomic E-state index is -0.226. The summed E-state index contributed by atoms with van der Waals surface area (Å²) in [6, 6.07) is 0. The summed E-state index contributed by atoms with van der Waals surface area (Å²) >= 11 is 0. The highest BCUT2D eigenvalue weighted by molar-refractivity contribution is 5.92. The van der Waals surface area contributed by atoms with Gasteiger partial charge in [0.1, 0.15) is 0 Å².